The maximum atomic E-state index is 11.9. The van der Waals surface area contributed by atoms with E-state index in [1.165, 1.54) is 11.8 Å². The van der Waals surface area contributed by atoms with E-state index in [1.54, 1.807) is 6.92 Å². The molecule has 1 rings (SSSR count). The highest BCUT2D eigenvalue weighted by Crippen LogP contribution is 2.07. The van der Waals surface area contributed by atoms with Gasteiger partial charge in [-0.25, -0.2) is 4.79 Å². The number of nitrogens with zero attached hydrogens (tertiary/aromatic N) is 1. The quantitative estimate of drug-likeness (QED) is 0.651. The Labute approximate surface area is 98.7 Å². The molecule has 0 bridgehead atoms. The number of rotatable bonds is 3. The fourth-order valence-corrected chi connectivity index (χ4v) is 1.64. The number of aliphatic carboxylic acids is 1. The van der Waals surface area contributed by atoms with E-state index in [1.807, 2.05) is 0 Å². The number of carbonyl (C=O) groups is 3. The topological polar surface area (TPSA) is 95.9 Å². The Balaban J connectivity index is 2.57. The highest BCUT2D eigenvalue weighted by atomic mass is 16.5. The zero-order valence-corrected chi connectivity index (χ0v) is 9.80. The van der Waals surface area contributed by atoms with Gasteiger partial charge in [0.15, 0.2) is 6.10 Å². The molecule has 7 nitrogen and oxygen atoms in total. The number of carbonyl (C=O) groups excluding carboxylic acids is 2. The van der Waals surface area contributed by atoms with Crippen LogP contribution in [0.4, 0.5) is 0 Å². The van der Waals surface area contributed by atoms with Gasteiger partial charge in [0.2, 0.25) is 11.8 Å². The molecule has 0 spiro atoms. The lowest BCUT2D eigenvalue weighted by atomic mass is 10.2. The van der Waals surface area contributed by atoms with Gasteiger partial charge in [0.05, 0.1) is 13.2 Å². The van der Waals surface area contributed by atoms with Crippen molar-refractivity contribution in [3.05, 3.63) is 0 Å². The molecule has 0 saturated carbocycles. The van der Waals surface area contributed by atoms with E-state index in [-0.39, 0.29) is 25.0 Å². The number of hydrogen-bond donors (Lipinski definition) is 2. The first-order valence-corrected chi connectivity index (χ1v) is 5.32. The lowest BCUT2D eigenvalue weighted by Gasteiger charge is -2.32. The summed E-state index contributed by atoms with van der Waals surface area (Å²) in [5.74, 6) is -1.68. The molecule has 0 aromatic heterocycles. The summed E-state index contributed by atoms with van der Waals surface area (Å²) in [6.07, 6.45) is -0.989. The van der Waals surface area contributed by atoms with Crippen LogP contribution in [0.3, 0.4) is 0 Å². The van der Waals surface area contributed by atoms with E-state index in [4.69, 9.17) is 9.84 Å². The average Bonchev–Trinajstić information content (AvgIpc) is 2.27. The van der Waals surface area contributed by atoms with Crippen LogP contribution in [0.2, 0.25) is 0 Å². The Kier molecular flexibility index (Phi) is 4.45. The fourth-order valence-electron chi connectivity index (χ4n) is 1.64. The zero-order chi connectivity index (χ0) is 13.0. The van der Waals surface area contributed by atoms with Crippen LogP contribution < -0.4 is 5.32 Å². The van der Waals surface area contributed by atoms with E-state index >= 15 is 0 Å². The second-order valence-corrected chi connectivity index (χ2v) is 3.90. The van der Waals surface area contributed by atoms with E-state index in [0.29, 0.717) is 6.54 Å². The third-order valence-electron chi connectivity index (χ3n) is 2.44. The van der Waals surface area contributed by atoms with Gasteiger partial charge in [-0.1, -0.05) is 0 Å². The van der Waals surface area contributed by atoms with Crippen LogP contribution in [-0.2, 0) is 19.1 Å². The molecule has 0 aliphatic carbocycles. The van der Waals surface area contributed by atoms with Gasteiger partial charge in [-0.15, -0.1) is 0 Å². The minimum Gasteiger partial charge on any atom is -0.479 e. The van der Waals surface area contributed by atoms with Crippen molar-refractivity contribution >= 4 is 17.8 Å². The van der Waals surface area contributed by atoms with Crippen LogP contribution in [0.25, 0.3) is 0 Å². The predicted molar refractivity (Wildman–Crippen MR) is 57.2 cm³/mol. The summed E-state index contributed by atoms with van der Waals surface area (Å²) in [4.78, 5) is 34.8. The van der Waals surface area contributed by atoms with Crippen LogP contribution >= 0.6 is 0 Å². The highest BCUT2D eigenvalue weighted by Gasteiger charge is 2.31. The second kappa shape index (κ2) is 5.62. The van der Waals surface area contributed by atoms with Gasteiger partial charge < -0.3 is 20.1 Å². The molecule has 1 heterocycles. The summed E-state index contributed by atoms with van der Waals surface area (Å²) < 4.78 is 5.00. The minimum absolute atomic E-state index is 0.0120. The summed E-state index contributed by atoms with van der Waals surface area (Å²) in [5, 5.41) is 11.3. The largest absolute Gasteiger partial charge is 0.479 e. The van der Waals surface area contributed by atoms with Gasteiger partial charge in [0, 0.05) is 13.5 Å². The molecule has 0 radical (unpaired) electrons. The van der Waals surface area contributed by atoms with Crippen LogP contribution in [0, 0.1) is 0 Å². The van der Waals surface area contributed by atoms with Crippen molar-refractivity contribution in [3.8, 4) is 0 Å². The van der Waals surface area contributed by atoms with Crippen molar-refractivity contribution in [3.63, 3.8) is 0 Å². The Morgan fingerprint density at radius 3 is 2.65 bits per heavy atom. The standard InChI is InChI=1S/C10H16N2O5/c1-6(11-7(2)13)9(14)12-3-4-17-8(5-12)10(15)16/h6,8H,3-5H2,1-2H3,(H,11,13)(H,15,16). The normalized spacial score (nSPS) is 21.8. The third kappa shape index (κ3) is 3.70. The van der Waals surface area contributed by atoms with Gasteiger partial charge in [-0.05, 0) is 6.92 Å². The number of morpholine rings is 1. The van der Waals surface area contributed by atoms with E-state index in [9.17, 15) is 14.4 Å². The van der Waals surface area contributed by atoms with Crippen LogP contribution in [0.15, 0.2) is 0 Å². The van der Waals surface area contributed by atoms with Gasteiger partial charge >= 0.3 is 5.97 Å². The predicted octanol–water partition coefficient (Wildman–Crippen LogP) is -1.18. The molecule has 0 aromatic carbocycles. The van der Waals surface area contributed by atoms with E-state index in [2.05, 4.69) is 5.32 Å². The zero-order valence-electron chi connectivity index (χ0n) is 9.80. The van der Waals surface area contributed by atoms with E-state index in [0.717, 1.165) is 0 Å². The van der Waals surface area contributed by atoms with Gasteiger partial charge in [-0.2, -0.15) is 0 Å². The SMILES string of the molecule is CC(=O)NC(C)C(=O)N1CCOC(C(=O)O)C1. The first-order valence-electron chi connectivity index (χ1n) is 5.32. The van der Waals surface area contributed by atoms with Gasteiger partial charge in [0.25, 0.3) is 0 Å². The summed E-state index contributed by atoms with van der Waals surface area (Å²) >= 11 is 0. The molecule has 96 valence electrons. The summed E-state index contributed by atoms with van der Waals surface area (Å²) in [6.45, 7) is 3.43. The van der Waals surface area contributed by atoms with E-state index < -0.39 is 18.1 Å². The summed E-state index contributed by atoms with van der Waals surface area (Å²) in [5.41, 5.74) is 0. The number of nitrogens with one attached hydrogen (secondary N) is 1. The molecule has 0 aromatic rings. The van der Waals surface area contributed by atoms with Crippen molar-refractivity contribution in [2.24, 2.45) is 0 Å². The molecule has 2 atom stereocenters. The number of carboxylic acid groups (broad SMARTS) is 1. The maximum absolute atomic E-state index is 11.9. The van der Waals surface area contributed by atoms with Crippen molar-refractivity contribution in [2.75, 3.05) is 19.7 Å². The van der Waals surface area contributed by atoms with Crippen LogP contribution in [-0.4, -0.2) is 59.6 Å². The number of ether oxygens (including phenoxy) is 1. The average molecular weight is 244 g/mol. The molecular weight excluding hydrogens is 228 g/mol. The Bertz CT molecular complexity index is 331. The molecule has 2 N–H and O–H groups in total. The second-order valence-electron chi connectivity index (χ2n) is 3.90. The van der Waals surface area contributed by atoms with Gasteiger partial charge in [0.1, 0.15) is 6.04 Å². The minimum atomic E-state index is -1.09. The lowest BCUT2D eigenvalue weighted by molar-refractivity contribution is -0.160. The molecule has 7 heteroatoms. The molecule has 1 aliphatic heterocycles. The first-order chi connectivity index (χ1) is 7.91. The van der Waals surface area contributed by atoms with Gasteiger partial charge in [-0.3, -0.25) is 9.59 Å². The Morgan fingerprint density at radius 1 is 1.47 bits per heavy atom. The third-order valence-corrected chi connectivity index (χ3v) is 2.44. The van der Waals surface area contributed by atoms with Crippen molar-refractivity contribution in [1.29, 1.82) is 0 Å². The highest BCUT2D eigenvalue weighted by molar-refractivity contribution is 5.87. The Hall–Kier alpha value is -1.63. The number of amides is 2. The smallest absolute Gasteiger partial charge is 0.334 e. The molecule has 2 unspecified atom stereocenters. The number of hydrogen-bond acceptors (Lipinski definition) is 4. The van der Waals surface area contributed by atoms with Crippen LogP contribution in [0.1, 0.15) is 13.8 Å². The summed E-state index contributed by atoms with van der Waals surface area (Å²) in [7, 11) is 0. The molecular formula is C10H16N2O5. The lowest BCUT2D eigenvalue weighted by Crippen LogP contribution is -2.54. The number of carboxylic acids is 1. The fraction of sp³-hybridized carbons (Fsp3) is 0.700. The first kappa shape index (κ1) is 13.4. The molecule has 2 amide bonds. The van der Waals surface area contributed by atoms with Crippen LogP contribution in [0.5, 0.6) is 0 Å². The molecule has 1 saturated heterocycles. The summed E-state index contributed by atoms with van der Waals surface area (Å²) in [6, 6.07) is -0.653. The molecule has 1 fully saturated rings. The monoisotopic (exact) mass is 244 g/mol. The Morgan fingerprint density at radius 2 is 2.12 bits per heavy atom. The molecule has 1 aliphatic rings. The van der Waals surface area contributed by atoms with Crippen molar-refractivity contribution in [1.82, 2.24) is 10.2 Å². The van der Waals surface area contributed by atoms with Crippen molar-refractivity contribution in [2.45, 2.75) is 26.0 Å². The van der Waals surface area contributed by atoms with Crippen molar-refractivity contribution < 1.29 is 24.2 Å². The molecule has 17 heavy (non-hydrogen) atoms. The maximum Gasteiger partial charge on any atom is 0.334 e.